The number of rotatable bonds is 3. The summed E-state index contributed by atoms with van der Waals surface area (Å²) in [4.78, 5) is 14.5. The van der Waals surface area contributed by atoms with E-state index in [9.17, 15) is 9.18 Å². The summed E-state index contributed by atoms with van der Waals surface area (Å²) < 4.78 is 18.1. The topological polar surface area (TPSA) is 41.6 Å². The van der Waals surface area contributed by atoms with Crippen LogP contribution in [0.15, 0.2) is 29.2 Å². The number of ether oxygens (including phenoxy) is 1. The Labute approximate surface area is 116 Å². The molecule has 4 nitrogen and oxygen atoms in total. The summed E-state index contributed by atoms with van der Waals surface area (Å²) in [6, 6.07) is 5.79. The molecule has 1 heterocycles. The second kappa shape index (κ2) is 6.88. The molecule has 6 heteroatoms. The smallest absolute Gasteiger partial charge is 0.373 e. The Morgan fingerprint density at radius 3 is 2.63 bits per heavy atom. The zero-order valence-electron chi connectivity index (χ0n) is 10.8. The number of carbonyl (C=O) groups excluding carboxylic acids is 1. The van der Waals surface area contributed by atoms with Crippen molar-refractivity contribution in [1.29, 1.82) is 0 Å². The molecule has 0 bridgehead atoms. The van der Waals surface area contributed by atoms with Gasteiger partial charge in [-0.1, -0.05) is 0 Å². The van der Waals surface area contributed by atoms with Gasteiger partial charge in [0, 0.05) is 31.1 Å². The van der Waals surface area contributed by atoms with Crippen molar-refractivity contribution in [3.8, 4) is 0 Å². The molecule has 0 aromatic heterocycles. The predicted octanol–water partition coefficient (Wildman–Crippen LogP) is 2.31. The largest absolute Gasteiger partial charge is 0.438 e. The summed E-state index contributed by atoms with van der Waals surface area (Å²) in [5.41, 5.74) is 0. The van der Waals surface area contributed by atoms with E-state index < -0.39 is 0 Å². The molecular formula is C13H17FN2O2S. The molecule has 104 valence electrons. The first kappa shape index (κ1) is 14.3. The van der Waals surface area contributed by atoms with Gasteiger partial charge in [0.15, 0.2) is 6.23 Å². The summed E-state index contributed by atoms with van der Waals surface area (Å²) in [6.07, 6.45) is -0.234. The number of hydrogen-bond donors (Lipinski definition) is 1. The molecule has 0 aliphatic carbocycles. The highest BCUT2D eigenvalue weighted by molar-refractivity contribution is 8.13. The Morgan fingerprint density at radius 1 is 1.37 bits per heavy atom. The van der Waals surface area contributed by atoms with Crippen molar-refractivity contribution in [1.82, 2.24) is 10.2 Å². The second-order valence-corrected chi connectivity index (χ2v) is 5.32. The molecule has 1 unspecified atom stereocenters. The Hall–Kier alpha value is -1.11. The molecule has 1 saturated heterocycles. The first-order valence-corrected chi connectivity index (χ1v) is 7.05. The van der Waals surface area contributed by atoms with E-state index in [1.54, 1.807) is 12.1 Å². The molecule has 2 rings (SSSR count). The van der Waals surface area contributed by atoms with E-state index in [1.165, 1.54) is 12.1 Å². The van der Waals surface area contributed by atoms with Crippen LogP contribution in [0.4, 0.5) is 9.18 Å². The Kier molecular flexibility index (Phi) is 5.18. The number of nitrogens with zero attached hydrogens (tertiary/aromatic N) is 1. The van der Waals surface area contributed by atoms with Crippen molar-refractivity contribution in [2.24, 2.45) is 0 Å². The summed E-state index contributed by atoms with van der Waals surface area (Å²) in [6.45, 7) is 5.43. The minimum absolute atomic E-state index is 0.234. The van der Waals surface area contributed by atoms with Crippen molar-refractivity contribution in [3.05, 3.63) is 30.1 Å². The predicted molar refractivity (Wildman–Crippen MR) is 72.6 cm³/mol. The lowest BCUT2D eigenvalue weighted by molar-refractivity contribution is 0.00493. The third-order valence-corrected chi connectivity index (χ3v) is 3.72. The quantitative estimate of drug-likeness (QED) is 0.681. The Morgan fingerprint density at radius 2 is 2.00 bits per heavy atom. The maximum Gasteiger partial charge on any atom is 0.373 e. The average molecular weight is 284 g/mol. The van der Waals surface area contributed by atoms with E-state index in [1.807, 2.05) is 6.92 Å². The molecule has 1 N–H and O–H groups in total. The molecule has 1 aromatic carbocycles. The van der Waals surface area contributed by atoms with E-state index in [-0.39, 0.29) is 17.3 Å². The minimum atomic E-state index is -0.363. The fourth-order valence-electron chi connectivity index (χ4n) is 1.88. The van der Waals surface area contributed by atoms with E-state index in [2.05, 4.69) is 10.2 Å². The molecule has 1 aliphatic heterocycles. The lowest BCUT2D eigenvalue weighted by Crippen LogP contribution is -2.48. The number of nitrogens with one attached hydrogen (secondary N) is 1. The molecule has 0 spiro atoms. The van der Waals surface area contributed by atoms with Crippen LogP contribution in [0.3, 0.4) is 0 Å². The molecular weight excluding hydrogens is 267 g/mol. The summed E-state index contributed by atoms with van der Waals surface area (Å²) in [5, 5.41) is 2.88. The highest BCUT2D eigenvalue weighted by atomic mass is 32.2. The van der Waals surface area contributed by atoms with Crippen LogP contribution >= 0.6 is 11.8 Å². The van der Waals surface area contributed by atoms with Gasteiger partial charge < -0.3 is 10.1 Å². The van der Waals surface area contributed by atoms with Gasteiger partial charge in [0.05, 0.1) is 0 Å². The fourth-order valence-corrected chi connectivity index (χ4v) is 2.53. The third kappa shape index (κ3) is 4.49. The minimum Gasteiger partial charge on any atom is -0.438 e. The molecule has 1 fully saturated rings. The average Bonchev–Trinajstić information content (AvgIpc) is 2.42. The standard InChI is InChI=1S/C13H17FN2O2S/c1-10(16-8-6-15-7-9-16)18-13(17)19-12-4-2-11(14)3-5-12/h2-5,10,15H,6-9H2,1H3. The van der Waals surface area contributed by atoms with Gasteiger partial charge in [0.2, 0.25) is 0 Å². The molecule has 1 aliphatic rings. The Bertz CT molecular complexity index is 421. The van der Waals surface area contributed by atoms with E-state index >= 15 is 0 Å². The molecule has 0 amide bonds. The second-order valence-electron chi connectivity index (χ2n) is 4.31. The number of hydrogen-bond acceptors (Lipinski definition) is 5. The first-order valence-electron chi connectivity index (χ1n) is 6.24. The van der Waals surface area contributed by atoms with Crippen molar-refractivity contribution >= 4 is 17.1 Å². The highest BCUT2D eigenvalue weighted by Crippen LogP contribution is 2.21. The number of benzene rings is 1. The van der Waals surface area contributed by atoms with Crippen LogP contribution in [-0.2, 0) is 4.74 Å². The fraction of sp³-hybridized carbons (Fsp3) is 0.462. The van der Waals surface area contributed by atoms with Gasteiger partial charge in [-0.25, -0.2) is 9.18 Å². The molecule has 0 saturated carbocycles. The van der Waals surface area contributed by atoms with Crippen LogP contribution in [0.2, 0.25) is 0 Å². The van der Waals surface area contributed by atoms with Gasteiger partial charge in [-0.05, 0) is 43.0 Å². The van der Waals surface area contributed by atoms with Crippen molar-refractivity contribution in [3.63, 3.8) is 0 Å². The van der Waals surface area contributed by atoms with Gasteiger partial charge in [-0.2, -0.15) is 0 Å². The van der Waals surface area contributed by atoms with Gasteiger partial charge in [0.1, 0.15) is 5.82 Å². The third-order valence-electron chi connectivity index (χ3n) is 2.95. The molecule has 1 atom stereocenters. The molecule has 1 aromatic rings. The van der Waals surface area contributed by atoms with Crippen LogP contribution in [0.25, 0.3) is 0 Å². The van der Waals surface area contributed by atoms with Crippen LogP contribution < -0.4 is 5.32 Å². The molecule has 0 radical (unpaired) electrons. The van der Waals surface area contributed by atoms with Crippen LogP contribution in [-0.4, -0.2) is 42.6 Å². The lowest BCUT2D eigenvalue weighted by atomic mass is 10.3. The van der Waals surface area contributed by atoms with Crippen LogP contribution in [0.5, 0.6) is 0 Å². The summed E-state index contributed by atoms with van der Waals surface area (Å²) in [5.74, 6) is -0.313. The van der Waals surface area contributed by atoms with Gasteiger partial charge in [-0.3, -0.25) is 4.90 Å². The SMILES string of the molecule is CC(OC(=O)Sc1ccc(F)cc1)N1CCNCC1. The van der Waals surface area contributed by atoms with Gasteiger partial charge in [-0.15, -0.1) is 0 Å². The number of carbonyl (C=O) groups is 1. The van der Waals surface area contributed by atoms with E-state index in [0.29, 0.717) is 4.90 Å². The van der Waals surface area contributed by atoms with Crippen LogP contribution in [0, 0.1) is 5.82 Å². The number of halogens is 1. The first-order chi connectivity index (χ1) is 9.15. The zero-order chi connectivity index (χ0) is 13.7. The van der Waals surface area contributed by atoms with Crippen molar-refractivity contribution in [2.75, 3.05) is 26.2 Å². The van der Waals surface area contributed by atoms with Crippen molar-refractivity contribution in [2.45, 2.75) is 18.0 Å². The van der Waals surface area contributed by atoms with E-state index in [0.717, 1.165) is 37.9 Å². The van der Waals surface area contributed by atoms with E-state index in [4.69, 9.17) is 4.74 Å². The maximum absolute atomic E-state index is 12.7. The summed E-state index contributed by atoms with van der Waals surface area (Å²) in [7, 11) is 0. The summed E-state index contributed by atoms with van der Waals surface area (Å²) >= 11 is 0.975. The number of thioether (sulfide) groups is 1. The zero-order valence-corrected chi connectivity index (χ0v) is 11.6. The molecule has 19 heavy (non-hydrogen) atoms. The highest BCUT2D eigenvalue weighted by Gasteiger charge is 2.20. The maximum atomic E-state index is 12.7. The van der Waals surface area contributed by atoms with Crippen LogP contribution in [0.1, 0.15) is 6.92 Å². The van der Waals surface area contributed by atoms with Gasteiger partial charge >= 0.3 is 5.30 Å². The normalized spacial score (nSPS) is 18.0. The number of piperazine rings is 1. The monoisotopic (exact) mass is 284 g/mol. The van der Waals surface area contributed by atoms with Gasteiger partial charge in [0.25, 0.3) is 0 Å². The van der Waals surface area contributed by atoms with Crippen molar-refractivity contribution < 1.29 is 13.9 Å². The Balaban J connectivity index is 1.81. The lowest BCUT2D eigenvalue weighted by Gasteiger charge is -2.31.